The quantitative estimate of drug-likeness (QED) is 0.920. The average molecular weight is 319 g/mol. The summed E-state index contributed by atoms with van der Waals surface area (Å²) < 4.78 is 11.1. The Kier molecular flexibility index (Phi) is 4.52. The molecule has 0 spiro atoms. The average Bonchev–Trinajstić information content (AvgIpc) is 2.89. The maximum atomic E-state index is 12.8. The second-order valence-electron chi connectivity index (χ2n) is 5.95. The lowest BCUT2D eigenvalue weighted by molar-refractivity contribution is -0.0393. The van der Waals surface area contributed by atoms with Gasteiger partial charge >= 0.3 is 5.97 Å². The number of carboxylic acid groups (broad SMARTS) is 1. The van der Waals surface area contributed by atoms with E-state index in [0.717, 1.165) is 19.3 Å². The van der Waals surface area contributed by atoms with Gasteiger partial charge in [0.25, 0.3) is 5.91 Å². The van der Waals surface area contributed by atoms with Crippen molar-refractivity contribution in [2.75, 3.05) is 19.8 Å². The highest BCUT2D eigenvalue weighted by Crippen LogP contribution is 2.28. The molecule has 3 heterocycles. The summed E-state index contributed by atoms with van der Waals surface area (Å²) in [6, 6.07) is 4.64. The van der Waals surface area contributed by atoms with E-state index in [-0.39, 0.29) is 29.4 Å². The fourth-order valence-corrected chi connectivity index (χ4v) is 3.27. The fraction of sp³-hybridized carbons (Fsp3) is 0.529. The predicted molar refractivity (Wildman–Crippen MR) is 83.0 cm³/mol. The number of hydrogen-bond donors (Lipinski definition) is 1. The summed E-state index contributed by atoms with van der Waals surface area (Å²) in [5.41, 5.74) is 0.537. The molecule has 1 aromatic rings. The first-order chi connectivity index (χ1) is 11.1. The zero-order chi connectivity index (χ0) is 16.4. The molecule has 3 aliphatic heterocycles. The molecular weight excluding hydrogens is 298 g/mol. The number of rotatable bonds is 4. The molecule has 3 fully saturated rings. The van der Waals surface area contributed by atoms with E-state index in [1.54, 1.807) is 13.0 Å². The molecule has 1 aromatic carbocycles. The van der Waals surface area contributed by atoms with E-state index in [1.165, 1.54) is 12.1 Å². The van der Waals surface area contributed by atoms with Gasteiger partial charge in [0.05, 0.1) is 25.4 Å². The summed E-state index contributed by atoms with van der Waals surface area (Å²) in [7, 11) is 0. The molecule has 0 aliphatic carbocycles. The number of ether oxygens (including phenoxy) is 2. The number of carbonyl (C=O) groups is 2. The van der Waals surface area contributed by atoms with Gasteiger partial charge in [-0.1, -0.05) is 0 Å². The molecule has 2 bridgehead atoms. The highest BCUT2D eigenvalue weighted by atomic mass is 16.5. The molecule has 1 N–H and O–H groups in total. The first-order valence-corrected chi connectivity index (χ1v) is 8.03. The number of hydrogen-bond acceptors (Lipinski definition) is 4. The van der Waals surface area contributed by atoms with Gasteiger partial charge in [-0.3, -0.25) is 4.79 Å². The Morgan fingerprint density at radius 2 is 2.22 bits per heavy atom. The highest BCUT2D eigenvalue weighted by molar-refractivity contribution is 5.98. The van der Waals surface area contributed by atoms with E-state index in [4.69, 9.17) is 9.47 Å². The Balaban J connectivity index is 1.87. The third-order valence-corrected chi connectivity index (χ3v) is 4.45. The summed E-state index contributed by atoms with van der Waals surface area (Å²) in [6.07, 6.45) is 3.12. The van der Waals surface area contributed by atoms with Crippen LogP contribution in [0, 0.1) is 0 Å². The van der Waals surface area contributed by atoms with Crippen molar-refractivity contribution in [3.63, 3.8) is 0 Å². The molecule has 124 valence electrons. The Morgan fingerprint density at radius 1 is 1.39 bits per heavy atom. The van der Waals surface area contributed by atoms with Gasteiger partial charge in [-0.25, -0.2) is 4.79 Å². The number of carbonyl (C=O) groups excluding carboxylic acids is 1. The molecule has 3 saturated heterocycles. The number of fused-ring (bicyclic) bond motifs is 4. The van der Waals surface area contributed by atoms with Crippen LogP contribution in [0.3, 0.4) is 0 Å². The zero-order valence-electron chi connectivity index (χ0n) is 13.2. The second kappa shape index (κ2) is 6.58. The molecular formula is C17H21NO5. The van der Waals surface area contributed by atoms with Crippen LogP contribution in [-0.4, -0.2) is 53.8 Å². The number of morpholine rings is 1. The first kappa shape index (κ1) is 15.8. The van der Waals surface area contributed by atoms with Crippen LogP contribution < -0.4 is 4.74 Å². The summed E-state index contributed by atoms with van der Waals surface area (Å²) in [6.45, 7) is 3.32. The topological polar surface area (TPSA) is 76.1 Å². The number of aromatic carboxylic acids is 1. The lowest BCUT2D eigenvalue weighted by atomic mass is 10.1. The zero-order valence-corrected chi connectivity index (χ0v) is 13.2. The van der Waals surface area contributed by atoms with E-state index in [1.807, 2.05) is 4.90 Å². The van der Waals surface area contributed by atoms with E-state index in [2.05, 4.69) is 0 Å². The third-order valence-electron chi connectivity index (χ3n) is 4.45. The molecule has 6 heteroatoms. The van der Waals surface area contributed by atoms with E-state index >= 15 is 0 Å². The van der Waals surface area contributed by atoms with Gasteiger partial charge in [-0.05, 0) is 44.4 Å². The smallest absolute Gasteiger partial charge is 0.339 e. The van der Waals surface area contributed by atoms with Crippen molar-refractivity contribution in [3.05, 3.63) is 29.3 Å². The molecule has 4 rings (SSSR count). The van der Waals surface area contributed by atoms with Crippen LogP contribution in [0.1, 0.15) is 46.9 Å². The molecule has 2 unspecified atom stereocenters. The first-order valence-electron chi connectivity index (χ1n) is 8.03. The largest absolute Gasteiger partial charge is 0.493 e. The fourth-order valence-electron chi connectivity index (χ4n) is 3.27. The number of nitrogens with zero attached hydrogens (tertiary/aromatic N) is 1. The van der Waals surface area contributed by atoms with Crippen molar-refractivity contribution in [3.8, 4) is 5.75 Å². The van der Waals surface area contributed by atoms with Crippen LogP contribution >= 0.6 is 0 Å². The lowest BCUT2D eigenvalue weighted by Crippen LogP contribution is -2.50. The molecule has 0 saturated carbocycles. The molecule has 0 radical (unpaired) electrons. The van der Waals surface area contributed by atoms with Crippen LogP contribution in [0.15, 0.2) is 18.2 Å². The number of amides is 1. The monoisotopic (exact) mass is 319 g/mol. The standard InChI is InChI=1S/C17H21NO5/c1-2-22-15-8-11(6-7-14(15)17(20)21)16(19)18-9-13-5-3-4-12(18)10-23-13/h6-8,12-13H,2-5,9-10H2,1H3,(H,20,21). The van der Waals surface area contributed by atoms with Crippen molar-refractivity contribution in [1.29, 1.82) is 0 Å². The van der Waals surface area contributed by atoms with Crippen molar-refractivity contribution in [1.82, 2.24) is 4.90 Å². The van der Waals surface area contributed by atoms with Gasteiger partial charge in [0.15, 0.2) is 0 Å². The van der Waals surface area contributed by atoms with Gasteiger partial charge in [-0.2, -0.15) is 0 Å². The summed E-state index contributed by atoms with van der Waals surface area (Å²) in [5.74, 6) is -0.903. The van der Waals surface area contributed by atoms with Crippen molar-refractivity contribution < 1.29 is 24.2 Å². The Bertz CT molecular complexity index is 611. The van der Waals surface area contributed by atoms with Gasteiger partial charge in [0.1, 0.15) is 11.3 Å². The normalized spacial score (nSPS) is 23.4. The van der Waals surface area contributed by atoms with Crippen LogP contribution in [0.25, 0.3) is 0 Å². The number of carboxylic acids is 1. The molecule has 3 aliphatic rings. The third kappa shape index (κ3) is 3.17. The SMILES string of the molecule is CCOc1cc(C(=O)N2CC3CCCC2CO3)ccc1C(=O)O. The van der Waals surface area contributed by atoms with Gasteiger partial charge in [-0.15, -0.1) is 0 Å². The minimum Gasteiger partial charge on any atom is -0.493 e. The molecule has 6 nitrogen and oxygen atoms in total. The minimum atomic E-state index is -1.06. The van der Waals surface area contributed by atoms with E-state index < -0.39 is 5.97 Å². The minimum absolute atomic E-state index is 0.0733. The summed E-state index contributed by atoms with van der Waals surface area (Å²) >= 11 is 0. The molecule has 23 heavy (non-hydrogen) atoms. The van der Waals surface area contributed by atoms with Crippen LogP contribution in [-0.2, 0) is 4.74 Å². The van der Waals surface area contributed by atoms with Gasteiger partial charge < -0.3 is 19.5 Å². The van der Waals surface area contributed by atoms with Crippen molar-refractivity contribution >= 4 is 11.9 Å². The van der Waals surface area contributed by atoms with Gasteiger partial charge in [0, 0.05) is 12.1 Å². The Morgan fingerprint density at radius 3 is 2.96 bits per heavy atom. The van der Waals surface area contributed by atoms with E-state index in [9.17, 15) is 14.7 Å². The lowest BCUT2D eigenvalue weighted by Gasteiger charge is -2.36. The highest BCUT2D eigenvalue weighted by Gasteiger charge is 2.35. The van der Waals surface area contributed by atoms with Crippen LogP contribution in [0.2, 0.25) is 0 Å². The molecule has 1 amide bonds. The summed E-state index contributed by atoms with van der Waals surface area (Å²) in [5, 5.41) is 9.20. The summed E-state index contributed by atoms with van der Waals surface area (Å²) in [4.78, 5) is 26.0. The van der Waals surface area contributed by atoms with Crippen LogP contribution in [0.5, 0.6) is 5.75 Å². The Hall–Kier alpha value is -2.08. The van der Waals surface area contributed by atoms with E-state index in [0.29, 0.717) is 25.3 Å². The van der Waals surface area contributed by atoms with Crippen molar-refractivity contribution in [2.45, 2.75) is 38.3 Å². The maximum Gasteiger partial charge on any atom is 0.339 e. The molecule has 2 atom stereocenters. The number of benzene rings is 1. The molecule has 0 aromatic heterocycles. The predicted octanol–water partition coefficient (Wildman–Crippen LogP) is 2.18. The second-order valence-corrected chi connectivity index (χ2v) is 5.95. The van der Waals surface area contributed by atoms with Gasteiger partial charge in [0.2, 0.25) is 0 Å². The Labute approximate surface area is 135 Å². The van der Waals surface area contributed by atoms with Crippen LogP contribution in [0.4, 0.5) is 0 Å². The maximum absolute atomic E-state index is 12.8. The van der Waals surface area contributed by atoms with Crippen molar-refractivity contribution in [2.24, 2.45) is 0 Å².